The van der Waals surface area contributed by atoms with Crippen molar-refractivity contribution in [3.8, 4) is 0 Å². The van der Waals surface area contributed by atoms with Crippen LogP contribution in [0.3, 0.4) is 0 Å². The Morgan fingerprint density at radius 2 is 2.29 bits per heavy atom. The third-order valence-electron chi connectivity index (χ3n) is 3.12. The molecular weight excluding hydrogens is 358 g/mol. The minimum Gasteiger partial charge on any atom is -0.478 e. The number of aromatic carboxylic acids is 1. The second-order valence-electron chi connectivity index (χ2n) is 4.76. The van der Waals surface area contributed by atoms with Crippen molar-refractivity contribution >= 4 is 39.6 Å². The molecule has 0 aromatic heterocycles. The molecule has 1 heterocycles. The summed E-state index contributed by atoms with van der Waals surface area (Å²) in [6, 6.07) is 4.94. The van der Waals surface area contributed by atoms with E-state index in [1.165, 1.54) is 17.8 Å². The molecule has 0 radical (unpaired) electrons. The Hall–Kier alpha value is -1.05. The van der Waals surface area contributed by atoms with Crippen molar-refractivity contribution in [1.29, 1.82) is 0 Å². The van der Waals surface area contributed by atoms with Gasteiger partial charge in [0.15, 0.2) is 0 Å². The first kappa shape index (κ1) is 16.3. The maximum Gasteiger partial charge on any atom is 0.336 e. The SMILES string of the molecule is CC1CN(C(=O)CSc2cc(Br)ccc2C(=O)O)CCO1. The predicted octanol–water partition coefficient (Wildman–Crippen LogP) is 2.49. The zero-order valence-electron chi connectivity index (χ0n) is 11.5. The van der Waals surface area contributed by atoms with E-state index in [9.17, 15) is 9.59 Å². The lowest BCUT2D eigenvalue weighted by atomic mass is 10.2. The van der Waals surface area contributed by atoms with Gasteiger partial charge in [0, 0.05) is 22.5 Å². The van der Waals surface area contributed by atoms with Gasteiger partial charge in [-0.25, -0.2) is 4.79 Å². The van der Waals surface area contributed by atoms with Gasteiger partial charge in [0.2, 0.25) is 5.91 Å². The molecule has 1 aliphatic heterocycles. The van der Waals surface area contributed by atoms with E-state index in [4.69, 9.17) is 9.84 Å². The van der Waals surface area contributed by atoms with E-state index in [1.807, 2.05) is 6.92 Å². The van der Waals surface area contributed by atoms with E-state index >= 15 is 0 Å². The van der Waals surface area contributed by atoms with E-state index in [-0.39, 0.29) is 23.3 Å². The second kappa shape index (κ2) is 7.29. The minimum atomic E-state index is -0.988. The molecule has 0 saturated carbocycles. The van der Waals surface area contributed by atoms with Crippen LogP contribution < -0.4 is 0 Å². The summed E-state index contributed by atoms with van der Waals surface area (Å²) in [5.74, 6) is -0.757. The van der Waals surface area contributed by atoms with Gasteiger partial charge in [-0.2, -0.15) is 0 Å². The van der Waals surface area contributed by atoms with Crippen molar-refractivity contribution in [2.24, 2.45) is 0 Å². The molecule has 114 valence electrons. The Bertz CT molecular complexity index is 552. The Balaban J connectivity index is 2.00. The summed E-state index contributed by atoms with van der Waals surface area (Å²) in [4.78, 5) is 25.7. The highest BCUT2D eigenvalue weighted by Gasteiger charge is 2.22. The fourth-order valence-corrected chi connectivity index (χ4v) is 3.56. The van der Waals surface area contributed by atoms with E-state index in [2.05, 4.69) is 15.9 Å². The lowest BCUT2D eigenvalue weighted by molar-refractivity contribution is -0.135. The summed E-state index contributed by atoms with van der Waals surface area (Å²) < 4.78 is 6.20. The van der Waals surface area contributed by atoms with Crippen molar-refractivity contribution in [2.75, 3.05) is 25.4 Å². The third kappa shape index (κ3) is 4.46. The summed E-state index contributed by atoms with van der Waals surface area (Å²) in [6.07, 6.45) is 0.0492. The molecule has 1 fully saturated rings. The average Bonchev–Trinajstić information content (AvgIpc) is 2.44. The first-order valence-corrected chi connectivity index (χ1v) is 8.30. The molecule has 5 nitrogen and oxygen atoms in total. The number of amides is 1. The number of morpholine rings is 1. The standard InChI is InChI=1S/C14H16BrNO4S/c1-9-7-16(4-5-20-9)13(17)8-21-12-6-10(15)2-3-11(12)14(18)19/h2-3,6,9H,4-5,7-8H2,1H3,(H,18,19). The molecule has 1 amide bonds. The van der Waals surface area contributed by atoms with Crippen LogP contribution in [-0.4, -0.2) is 53.4 Å². The van der Waals surface area contributed by atoms with Gasteiger partial charge < -0.3 is 14.7 Å². The maximum atomic E-state index is 12.2. The van der Waals surface area contributed by atoms with Crippen LogP contribution in [0.2, 0.25) is 0 Å². The van der Waals surface area contributed by atoms with E-state index in [1.54, 1.807) is 17.0 Å². The van der Waals surface area contributed by atoms with E-state index in [0.29, 0.717) is 24.6 Å². The molecule has 0 bridgehead atoms. The minimum absolute atomic E-state index is 0.00599. The normalized spacial score (nSPS) is 18.6. The summed E-state index contributed by atoms with van der Waals surface area (Å²) in [7, 11) is 0. The zero-order valence-corrected chi connectivity index (χ0v) is 13.9. The number of carbonyl (C=O) groups is 2. The van der Waals surface area contributed by atoms with Gasteiger partial charge in [0.05, 0.1) is 24.0 Å². The number of thioether (sulfide) groups is 1. The Kier molecular flexibility index (Phi) is 5.66. The monoisotopic (exact) mass is 373 g/mol. The van der Waals surface area contributed by atoms with Gasteiger partial charge >= 0.3 is 5.97 Å². The van der Waals surface area contributed by atoms with Crippen molar-refractivity contribution in [3.63, 3.8) is 0 Å². The van der Waals surface area contributed by atoms with Crippen LogP contribution in [-0.2, 0) is 9.53 Å². The molecule has 1 atom stereocenters. The molecule has 0 aliphatic carbocycles. The quantitative estimate of drug-likeness (QED) is 0.821. The fraction of sp³-hybridized carbons (Fsp3) is 0.429. The van der Waals surface area contributed by atoms with Crippen LogP contribution in [0.25, 0.3) is 0 Å². The summed E-state index contributed by atoms with van der Waals surface area (Å²) >= 11 is 4.57. The molecular formula is C14H16BrNO4S. The highest BCUT2D eigenvalue weighted by Crippen LogP contribution is 2.27. The van der Waals surface area contributed by atoms with Crippen LogP contribution in [0, 0.1) is 0 Å². The van der Waals surface area contributed by atoms with Gasteiger partial charge in [0.1, 0.15) is 0 Å². The van der Waals surface area contributed by atoms with Crippen LogP contribution in [0.15, 0.2) is 27.6 Å². The molecule has 0 spiro atoms. The van der Waals surface area contributed by atoms with Crippen LogP contribution in [0.1, 0.15) is 17.3 Å². The number of hydrogen-bond acceptors (Lipinski definition) is 4. The number of halogens is 1. The van der Waals surface area contributed by atoms with Crippen molar-refractivity contribution in [2.45, 2.75) is 17.9 Å². The van der Waals surface area contributed by atoms with Crippen molar-refractivity contribution in [3.05, 3.63) is 28.2 Å². The van der Waals surface area contributed by atoms with Gasteiger partial charge in [-0.05, 0) is 25.1 Å². The second-order valence-corrected chi connectivity index (χ2v) is 6.69. The van der Waals surface area contributed by atoms with Gasteiger partial charge in [-0.1, -0.05) is 15.9 Å². The summed E-state index contributed by atoms with van der Waals surface area (Å²) in [5.41, 5.74) is 0.214. The smallest absolute Gasteiger partial charge is 0.336 e. The lowest BCUT2D eigenvalue weighted by Gasteiger charge is -2.31. The molecule has 21 heavy (non-hydrogen) atoms. The van der Waals surface area contributed by atoms with Crippen molar-refractivity contribution < 1.29 is 19.4 Å². The third-order valence-corrected chi connectivity index (χ3v) is 4.65. The largest absolute Gasteiger partial charge is 0.478 e. The van der Waals surface area contributed by atoms with Gasteiger partial charge in [0.25, 0.3) is 0 Å². The summed E-state index contributed by atoms with van der Waals surface area (Å²) in [5, 5.41) is 9.16. The fourth-order valence-electron chi connectivity index (χ4n) is 2.07. The highest BCUT2D eigenvalue weighted by atomic mass is 79.9. The number of benzene rings is 1. The first-order chi connectivity index (χ1) is 9.97. The number of hydrogen-bond donors (Lipinski definition) is 1. The summed E-state index contributed by atoms with van der Waals surface area (Å²) in [6.45, 7) is 3.66. The Morgan fingerprint density at radius 1 is 1.52 bits per heavy atom. The number of nitrogens with zero attached hydrogens (tertiary/aromatic N) is 1. The average molecular weight is 374 g/mol. The van der Waals surface area contributed by atoms with Crippen LogP contribution in [0.5, 0.6) is 0 Å². The van der Waals surface area contributed by atoms with Gasteiger partial charge in [-0.3, -0.25) is 4.79 Å². The van der Waals surface area contributed by atoms with E-state index in [0.717, 1.165) is 4.47 Å². The Labute approximate surface area is 135 Å². The highest BCUT2D eigenvalue weighted by molar-refractivity contribution is 9.10. The van der Waals surface area contributed by atoms with Crippen molar-refractivity contribution in [1.82, 2.24) is 4.90 Å². The van der Waals surface area contributed by atoms with Crippen LogP contribution in [0.4, 0.5) is 0 Å². The maximum absolute atomic E-state index is 12.2. The number of carbonyl (C=O) groups excluding carboxylic acids is 1. The molecule has 1 unspecified atom stereocenters. The zero-order chi connectivity index (χ0) is 15.4. The molecule has 1 aliphatic rings. The number of carboxylic acids is 1. The first-order valence-electron chi connectivity index (χ1n) is 6.52. The van der Waals surface area contributed by atoms with Gasteiger partial charge in [-0.15, -0.1) is 11.8 Å². The van der Waals surface area contributed by atoms with E-state index < -0.39 is 5.97 Å². The topological polar surface area (TPSA) is 66.8 Å². The lowest BCUT2D eigenvalue weighted by Crippen LogP contribution is -2.45. The molecule has 1 N–H and O–H groups in total. The molecule has 2 rings (SSSR count). The van der Waals surface area contributed by atoms with Crippen LogP contribution >= 0.6 is 27.7 Å². The number of ether oxygens (including phenoxy) is 1. The number of rotatable bonds is 4. The Morgan fingerprint density at radius 3 is 2.95 bits per heavy atom. The molecule has 1 saturated heterocycles. The number of carboxylic acid groups (broad SMARTS) is 1. The molecule has 1 aromatic rings. The molecule has 7 heteroatoms. The predicted molar refractivity (Wildman–Crippen MR) is 83.8 cm³/mol. The molecule has 1 aromatic carbocycles.